The van der Waals surface area contributed by atoms with Crippen LogP contribution in [-0.2, 0) is 0 Å². The highest BCUT2D eigenvalue weighted by molar-refractivity contribution is 5.53. The van der Waals surface area contributed by atoms with Gasteiger partial charge in [-0.25, -0.2) is 0 Å². The molecule has 0 aliphatic heterocycles. The van der Waals surface area contributed by atoms with E-state index in [-0.39, 0.29) is 0 Å². The SMILES string of the molecule is c1ccc(-c2noc(-c3ccn[nH]3)n2)nc1. The molecule has 6 nitrogen and oxygen atoms in total. The van der Waals surface area contributed by atoms with Crippen LogP contribution in [0.2, 0.25) is 0 Å². The van der Waals surface area contributed by atoms with Crippen LogP contribution in [0.25, 0.3) is 23.1 Å². The van der Waals surface area contributed by atoms with Crippen LogP contribution < -0.4 is 0 Å². The molecule has 0 fully saturated rings. The zero-order valence-electron chi connectivity index (χ0n) is 8.16. The maximum absolute atomic E-state index is 5.09. The highest BCUT2D eigenvalue weighted by atomic mass is 16.5. The van der Waals surface area contributed by atoms with Gasteiger partial charge < -0.3 is 4.52 Å². The summed E-state index contributed by atoms with van der Waals surface area (Å²) in [5, 5.41) is 10.4. The second-order valence-corrected chi connectivity index (χ2v) is 3.11. The quantitative estimate of drug-likeness (QED) is 0.698. The smallest absolute Gasteiger partial charge is 0.276 e. The van der Waals surface area contributed by atoms with Crippen molar-refractivity contribution in [1.29, 1.82) is 0 Å². The van der Waals surface area contributed by atoms with Crippen LogP contribution in [0.1, 0.15) is 0 Å². The average Bonchev–Trinajstić information content (AvgIpc) is 3.01. The van der Waals surface area contributed by atoms with Crippen molar-refractivity contribution in [3.8, 4) is 23.1 Å². The predicted octanol–water partition coefficient (Wildman–Crippen LogP) is 1.52. The Hall–Kier alpha value is -2.50. The maximum Gasteiger partial charge on any atom is 0.276 e. The normalized spacial score (nSPS) is 10.5. The first-order chi connectivity index (χ1) is 7.93. The largest absolute Gasteiger partial charge is 0.332 e. The summed E-state index contributed by atoms with van der Waals surface area (Å²) in [6.07, 6.45) is 3.31. The topological polar surface area (TPSA) is 80.5 Å². The lowest BCUT2D eigenvalue weighted by Gasteiger charge is -1.89. The number of pyridine rings is 1. The fourth-order valence-corrected chi connectivity index (χ4v) is 1.31. The van der Waals surface area contributed by atoms with Crippen molar-refractivity contribution in [2.24, 2.45) is 0 Å². The summed E-state index contributed by atoms with van der Waals surface area (Å²) >= 11 is 0. The lowest BCUT2D eigenvalue weighted by molar-refractivity contribution is 0.430. The summed E-state index contributed by atoms with van der Waals surface area (Å²) in [6, 6.07) is 7.28. The fourth-order valence-electron chi connectivity index (χ4n) is 1.31. The van der Waals surface area contributed by atoms with Gasteiger partial charge in [0.25, 0.3) is 5.89 Å². The van der Waals surface area contributed by atoms with Crippen molar-refractivity contribution in [2.45, 2.75) is 0 Å². The van der Waals surface area contributed by atoms with E-state index in [0.717, 1.165) is 0 Å². The van der Waals surface area contributed by atoms with E-state index in [1.165, 1.54) is 0 Å². The van der Waals surface area contributed by atoms with Gasteiger partial charge in [-0.15, -0.1) is 0 Å². The average molecular weight is 213 g/mol. The molecule has 0 saturated heterocycles. The van der Waals surface area contributed by atoms with Gasteiger partial charge in [0, 0.05) is 12.4 Å². The number of aromatic amines is 1. The van der Waals surface area contributed by atoms with E-state index < -0.39 is 0 Å². The van der Waals surface area contributed by atoms with Crippen LogP contribution in [0.4, 0.5) is 0 Å². The molecule has 0 aliphatic carbocycles. The standard InChI is InChI=1S/C10H7N5O/c1-2-5-11-7(3-1)9-13-10(16-15-9)8-4-6-12-14-8/h1-6H,(H,12,14). The van der Waals surface area contributed by atoms with Crippen LogP contribution in [0.3, 0.4) is 0 Å². The Kier molecular flexibility index (Phi) is 1.96. The van der Waals surface area contributed by atoms with Crippen LogP contribution in [0, 0.1) is 0 Å². The van der Waals surface area contributed by atoms with Crippen LogP contribution >= 0.6 is 0 Å². The summed E-state index contributed by atoms with van der Waals surface area (Å²) in [5.41, 5.74) is 1.37. The van der Waals surface area contributed by atoms with Gasteiger partial charge in [0.2, 0.25) is 5.82 Å². The number of hydrogen-bond donors (Lipinski definition) is 1. The van der Waals surface area contributed by atoms with Gasteiger partial charge >= 0.3 is 0 Å². The molecule has 0 atom stereocenters. The van der Waals surface area contributed by atoms with Crippen LogP contribution in [-0.4, -0.2) is 25.3 Å². The molecule has 3 aromatic rings. The molecule has 0 radical (unpaired) electrons. The Balaban J connectivity index is 2.00. The fraction of sp³-hybridized carbons (Fsp3) is 0. The third kappa shape index (κ3) is 1.46. The molecule has 1 N–H and O–H groups in total. The van der Waals surface area contributed by atoms with Crippen molar-refractivity contribution >= 4 is 0 Å². The lowest BCUT2D eigenvalue weighted by Crippen LogP contribution is -1.84. The molecule has 3 aromatic heterocycles. The van der Waals surface area contributed by atoms with Crippen molar-refractivity contribution in [3.63, 3.8) is 0 Å². The Labute approximate surface area is 90.3 Å². The van der Waals surface area contributed by atoms with Gasteiger partial charge in [-0.05, 0) is 18.2 Å². The van der Waals surface area contributed by atoms with Crippen molar-refractivity contribution in [2.75, 3.05) is 0 Å². The zero-order chi connectivity index (χ0) is 10.8. The van der Waals surface area contributed by atoms with Gasteiger partial charge in [0.15, 0.2) is 0 Å². The van der Waals surface area contributed by atoms with Gasteiger partial charge in [-0.3, -0.25) is 10.1 Å². The molecular weight excluding hydrogens is 206 g/mol. The summed E-state index contributed by atoms with van der Waals surface area (Å²) in [4.78, 5) is 8.34. The second kappa shape index (κ2) is 3.58. The minimum Gasteiger partial charge on any atom is -0.332 e. The lowest BCUT2D eigenvalue weighted by atomic mass is 10.3. The van der Waals surface area contributed by atoms with Gasteiger partial charge in [-0.1, -0.05) is 11.2 Å². The summed E-state index contributed by atoms with van der Waals surface area (Å²) in [7, 11) is 0. The molecule has 0 aliphatic rings. The van der Waals surface area contributed by atoms with Gasteiger partial charge in [0.05, 0.1) is 0 Å². The molecule has 0 spiro atoms. The number of aromatic nitrogens is 5. The van der Waals surface area contributed by atoms with Gasteiger partial charge in [-0.2, -0.15) is 10.1 Å². The van der Waals surface area contributed by atoms with Crippen molar-refractivity contribution in [3.05, 3.63) is 36.7 Å². The first-order valence-electron chi connectivity index (χ1n) is 4.68. The Morgan fingerprint density at radius 2 is 2.12 bits per heavy atom. The number of hydrogen-bond acceptors (Lipinski definition) is 5. The molecule has 0 unspecified atom stereocenters. The Morgan fingerprint density at radius 1 is 1.12 bits per heavy atom. The second-order valence-electron chi connectivity index (χ2n) is 3.11. The number of nitrogens with zero attached hydrogens (tertiary/aromatic N) is 4. The molecule has 0 amide bonds. The third-order valence-corrected chi connectivity index (χ3v) is 2.05. The summed E-state index contributed by atoms with van der Waals surface area (Å²) in [5.74, 6) is 0.864. The van der Waals surface area contributed by atoms with E-state index in [1.54, 1.807) is 18.5 Å². The third-order valence-electron chi connectivity index (χ3n) is 2.05. The number of H-pyrrole nitrogens is 1. The highest BCUT2D eigenvalue weighted by Gasteiger charge is 2.11. The number of rotatable bonds is 2. The van der Waals surface area contributed by atoms with E-state index in [2.05, 4.69) is 25.3 Å². The Morgan fingerprint density at radius 3 is 2.88 bits per heavy atom. The van der Waals surface area contributed by atoms with Crippen LogP contribution in [0.15, 0.2) is 41.2 Å². The predicted molar refractivity (Wildman–Crippen MR) is 55.1 cm³/mol. The molecule has 3 heterocycles. The maximum atomic E-state index is 5.09. The van der Waals surface area contributed by atoms with E-state index in [9.17, 15) is 0 Å². The van der Waals surface area contributed by atoms with E-state index in [1.807, 2.05) is 18.2 Å². The molecule has 0 aromatic carbocycles. The first kappa shape index (κ1) is 8.78. The molecular formula is C10H7N5O. The minimum atomic E-state index is 0.401. The zero-order valence-corrected chi connectivity index (χ0v) is 8.16. The molecule has 6 heteroatoms. The molecule has 0 bridgehead atoms. The van der Waals surface area contributed by atoms with E-state index in [0.29, 0.717) is 23.1 Å². The Bertz CT molecular complexity index is 572. The minimum absolute atomic E-state index is 0.401. The monoisotopic (exact) mass is 213 g/mol. The summed E-state index contributed by atoms with van der Waals surface area (Å²) < 4.78 is 5.09. The molecule has 0 saturated carbocycles. The molecule has 78 valence electrons. The van der Waals surface area contributed by atoms with E-state index in [4.69, 9.17) is 4.52 Å². The van der Waals surface area contributed by atoms with Crippen molar-refractivity contribution in [1.82, 2.24) is 25.3 Å². The highest BCUT2D eigenvalue weighted by Crippen LogP contribution is 2.18. The molecule has 16 heavy (non-hydrogen) atoms. The van der Waals surface area contributed by atoms with Crippen LogP contribution in [0.5, 0.6) is 0 Å². The van der Waals surface area contributed by atoms with Gasteiger partial charge in [0.1, 0.15) is 11.4 Å². The molecule has 3 rings (SSSR count). The van der Waals surface area contributed by atoms with Crippen molar-refractivity contribution < 1.29 is 4.52 Å². The first-order valence-corrected chi connectivity index (χ1v) is 4.68. The summed E-state index contributed by atoms with van der Waals surface area (Å²) in [6.45, 7) is 0. The number of nitrogens with one attached hydrogen (secondary N) is 1. The van der Waals surface area contributed by atoms with E-state index >= 15 is 0 Å².